The molecule has 3 aromatic rings. The van der Waals surface area contributed by atoms with Crippen molar-refractivity contribution in [1.82, 2.24) is 0 Å². The Labute approximate surface area is 203 Å². The summed E-state index contributed by atoms with van der Waals surface area (Å²) in [6, 6.07) is 16.1. The highest BCUT2D eigenvalue weighted by molar-refractivity contribution is 14.1. The second-order valence-corrected chi connectivity index (χ2v) is 8.76. The number of benzene rings is 3. The average Bonchev–Trinajstić information content (AvgIpc) is 2.71. The van der Waals surface area contributed by atoms with Crippen molar-refractivity contribution in [1.29, 1.82) is 0 Å². The highest BCUT2D eigenvalue weighted by Crippen LogP contribution is 2.36. The normalized spacial score (nSPS) is 11.0. The first-order chi connectivity index (χ1) is 14.4. The first-order valence-corrected chi connectivity index (χ1v) is 11.0. The molecule has 0 saturated heterocycles. The summed E-state index contributed by atoms with van der Waals surface area (Å²) in [6.07, 6.45) is 3.30. The van der Waals surface area contributed by atoms with Gasteiger partial charge in [0.25, 0.3) is 0 Å². The van der Waals surface area contributed by atoms with Crippen LogP contribution >= 0.6 is 57.4 Å². The molecule has 0 aliphatic carbocycles. The molecule has 0 heterocycles. The van der Waals surface area contributed by atoms with Crippen LogP contribution in [0.1, 0.15) is 21.5 Å². The summed E-state index contributed by atoms with van der Waals surface area (Å²) in [5.41, 5.74) is 2.25. The Morgan fingerprint density at radius 3 is 2.30 bits per heavy atom. The summed E-state index contributed by atoms with van der Waals surface area (Å²) < 4.78 is 12.3. The van der Waals surface area contributed by atoms with E-state index in [9.17, 15) is 4.79 Å². The summed E-state index contributed by atoms with van der Waals surface area (Å²) in [4.78, 5) is 12.4. The SMILES string of the molecule is COc1ccc(C=CC(=O)c2ccc(I)cc2)cc1COc1c(Cl)cc(Cl)cc1Cl. The van der Waals surface area contributed by atoms with Crippen molar-refractivity contribution in [3.63, 3.8) is 0 Å². The molecular weight excluding hydrogens is 558 g/mol. The summed E-state index contributed by atoms with van der Waals surface area (Å²) in [5.74, 6) is 0.927. The maximum absolute atomic E-state index is 12.4. The Bertz CT molecular complexity index is 1070. The van der Waals surface area contributed by atoms with Gasteiger partial charge in [-0.1, -0.05) is 59.1 Å². The molecule has 0 atom stereocenters. The molecule has 3 nitrogen and oxygen atoms in total. The molecule has 0 unspecified atom stereocenters. The van der Waals surface area contributed by atoms with E-state index < -0.39 is 0 Å². The highest BCUT2D eigenvalue weighted by atomic mass is 127. The zero-order valence-electron chi connectivity index (χ0n) is 15.8. The van der Waals surface area contributed by atoms with E-state index in [1.165, 1.54) is 0 Å². The Morgan fingerprint density at radius 2 is 1.67 bits per heavy atom. The lowest BCUT2D eigenvalue weighted by atomic mass is 10.1. The second-order valence-electron chi connectivity index (χ2n) is 6.26. The van der Waals surface area contributed by atoms with Crippen molar-refractivity contribution in [2.45, 2.75) is 6.61 Å². The Kier molecular flexibility index (Phi) is 8.06. The number of ketones is 1. The van der Waals surface area contributed by atoms with Crippen LogP contribution in [0.4, 0.5) is 0 Å². The van der Waals surface area contributed by atoms with Gasteiger partial charge in [-0.3, -0.25) is 4.79 Å². The first kappa shape index (κ1) is 22.9. The van der Waals surface area contributed by atoms with Gasteiger partial charge in [-0.2, -0.15) is 0 Å². The Hall–Kier alpha value is -1.73. The molecule has 3 rings (SSSR count). The summed E-state index contributed by atoms with van der Waals surface area (Å²) >= 11 is 20.5. The van der Waals surface area contributed by atoms with Gasteiger partial charge in [0, 0.05) is 19.7 Å². The number of methoxy groups -OCH3 is 1. The van der Waals surface area contributed by atoms with Gasteiger partial charge in [0.15, 0.2) is 11.5 Å². The zero-order chi connectivity index (χ0) is 21.7. The minimum absolute atomic E-state index is 0.0697. The van der Waals surface area contributed by atoms with E-state index in [0.29, 0.717) is 32.1 Å². The summed E-state index contributed by atoms with van der Waals surface area (Å²) in [6.45, 7) is 0.178. The van der Waals surface area contributed by atoms with Gasteiger partial charge in [0.1, 0.15) is 12.4 Å². The molecule has 0 N–H and O–H groups in total. The zero-order valence-corrected chi connectivity index (χ0v) is 20.2. The fraction of sp³-hybridized carbons (Fsp3) is 0.0870. The lowest BCUT2D eigenvalue weighted by Gasteiger charge is -2.13. The topological polar surface area (TPSA) is 35.5 Å². The quantitative estimate of drug-likeness (QED) is 0.165. The third-order valence-electron chi connectivity index (χ3n) is 4.20. The number of ether oxygens (including phenoxy) is 2. The Balaban J connectivity index is 1.78. The van der Waals surface area contributed by atoms with Gasteiger partial charge < -0.3 is 9.47 Å². The molecule has 0 amide bonds. The van der Waals surface area contributed by atoms with Gasteiger partial charge in [0.2, 0.25) is 0 Å². The van der Waals surface area contributed by atoms with Crippen LogP contribution in [0.5, 0.6) is 11.5 Å². The number of halogens is 4. The van der Waals surface area contributed by atoms with E-state index >= 15 is 0 Å². The number of carbonyl (C=O) groups is 1. The van der Waals surface area contributed by atoms with Crippen LogP contribution in [0.2, 0.25) is 15.1 Å². The molecule has 0 aliphatic heterocycles. The van der Waals surface area contributed by atoms with Crippen LogP contribution in [-0.4, -0.2) is 12.9 Å². The predicted molar refractivity (Wildman–Crippen MR) is 131 cm³/mol. The number of allylic oxidation sites excluding steroid dienone is 1. The van der Waals surface area contributed by atoms with Crippen LogP contribution < -0.4 is 9.47 Å². The molecule has 0 radical (unpaired) electrons. The maximum atomic E-state index is 12.4. The maximum Gasteiger partial charge on any atom is 0.185 e. The average molecular weight is 574 g/mol. The van der Waals surface area contributed by atoms with E-state index in [0.717, 1.165) is 14.7 Å². The van der Waals surface area contributed by atoms with Crippen molar-refractivity contribution in [3.8, 4) is 11.5 Å². The fourth-order valence-corrected chi connectivity index (χ4v) is 4.00. The highest BCUT2D eigenvalue weighted by Gasteiger charge is 2.12. The van der Waals surface area contributed by atoms with Crippen molar-refractivity contribution in [2.75, 3.05) is 7.11 Å². The van der Waals surface area contributed by atoms with Crippen LogP contribution in [0.3, 0.4) is 0 Å². The standard InChI is InChI=1S/C23H16Cl3IO3/c1-29-22-9-3-14(2-8-21(28)15-4-6-18(27)7-5-15)10-16(22)13-30-23-19(25)11-17(24)12-20(23)26/h2-12H,13H2,1H3. The van der Waals surface area contributed by atoms with Crippen molar-refractivity contribution < 1.29 is 14.3 Å². The molecule has 0 spiro atoms. The smallest absolute Gasteiger partial charge is 0.185 e. The number of hydrogen-bond donors (Lipinski definition) is 0. The number of rotatable bonds is 7. The van der Waals surface area contributed by atoms with Crippen LogP contribution in [-0.2, 0) is 6.61 Å². The van der Waals surface area contributed by atoms with Gasteiger partial charge in [-0.15, -0.1) is 0 Å². The summed E-state index contributed by atoms with van der Waals surface area (Å²) in [7, 11) is 1.58. The molecule has 0 bridgehead atoms. The third-order valence-corrected chi connectivity index (χ3v) is 5.69. The molecule has 0 fully saturated rings. The molecular formula is C23H16Cl3IO3. The van der Waals surface area contributed by atoms with Crippen LogP contribution in [0.25, 0.3) is 6.08 Å². The van der Waals surface area contributed by atoms with Crippen LogP contribution in [0.15, 0.2) is 60.7 Å². The first-order valence-electron chi connectivity index (χ1n) is 8.79. The number of hydrogen-bond acceptors (Lipinski definition) is 3. The predicted octanol–water partition coefficient (Wildman–Crippen LogP) is 7.74. The van der Waals surface area contributed by atoms with Gasteiger partial charge in [0.05, 0.1) is 17.2 Å². The van der Waals surface area contributed by atoms with E-state index in [1.54, 1.807) is 43.5 Å². The molecule has 154 valence electrons. The largest absolute Gasteiger partial charge is 0.496 e. The lowest BCUT2D eigenvalue weighted by Crippen LogP contribution is -2.00. The van der Waals surface area contributed by atoms with E-state index in [2.05, 4.69) is 22.6 Å². The minimum Gasteiger partial charge on any atom is -0.496 e. The summed E-state index contributed by atoms with van der Waals surface area (Å²) in [5, 5.41) is 1.08. The second kappa shape index (κ2) is 10.5. The van der Waals surface area contributed by atoms with Gasteiger partial charge >= 0.3 is 0 Å². The molecule has 7 heteroatoms. The lowest BCUT2D eigenvalue weighted by molar-refractivity contribution is 0.104. The Morgan fingerprint density at radius 1 is 1.00 bits per heavy atom. The van der Waals surface area contributed by atoms with Crippen LogP contribution in [0, 0.1) is 3.57 Å². The third kappa shape index (κ3) is 5.91. The molecule has 3 aromatic carbocycles. The molecule has 0 aromatic heterocycles. The molecule has 30 heavy (non-hydrogen) atoms. The van der Waals surface area contributed by atoms with Crippen molar-refractivity contribution in [2.24, 2.45) is 0 Å². The van der Waals surface area contributed by atoms with E-state index in [-0.39, 0.29) is 12.4 Å². The minimum atomic E-state index is -0.0697. The van der Waals surface area contributed by atoms with Gasteiger partial charge in [-0.05, 0) is 70.6 Å². The van der Waals surface area contributed by atoms with E-state index in [4.69, 9.17) is 44.3 Å². The fourth-order valence-electron chi connectivity index (χ4n) is 2.71. The number of carbonyl (C=O) groups excluding carboxylic acids is 1. The van der Waals surface area contributed by atoms with Crippen molar-refractivity contribution in [3.05, 3.63) is 96.0 Å². The molecule has 0 aliphatic rings. The van der Waals surface area contributed by atoms with Crippen molar-refractivity contribution >= 4 is 69.3 Å². The van der Waals surface area contributed by atoms with E-state index in [1.807, 2.05) is 30.3 Å². The monoisotopic (exact) mass is 572 g/mol. The van der Waals surface area contributed by atoms with Gasteiger partial charge in [-0.25, -0.2) is 0 Å². The molecule has 0 saturated carbocycles.